The van der Waals surface area contributed by atoms with Crippen LogP contribution in [-0.2, 0) is 33.6 Å². The summed E-state index contributed by atoms with van der Waals surface area (Å²) in [6.07, 6.45) is -2.49. The number of ether oxygens (including phenoxy) is 6. The van der Waals surface area contributed by atoms with E-state index in [0.717, 1.165) is 16.7 Å². The third-order valence-corrected chi connectivity index (χ3v) is 11.8. The summed E-state index contributed by atoms with van der Waals surface area (Å²) in [5.74, 6) is 1.32. The number of benzene rings is 3. The number of hydrogen-bond acceptors (Lipinski definition) is 13. The van der Waals surface area contributed by atoms with E-state index in [9.17, 15) is 14.9 Å². The van der Waals surface area contributed by atoms with Crippen molar-refractivity contribution in [1.29, 1.82) is 10.5 Å². The number of hydrogen-bond donors (Lipinski definition) is 1. The first-order valence-electron chi connectivity index (χ1n) is 19.3. The Bertz CT molecular complexity index is 2050. The molecule has 0 radical (unpaired) electrons. The number of aromatic amines is 1. The maximum absolute atomic E-state index is 13.4. The molecule has 1 aliphatic heterocycles. The summed E-state index contributed by atoms with van der Waals surface area (Å²) in [6, 6.07) is 30.3. The van der Waals surface area contributed by atoms with Crippen LogP contribution >= 0.6 is 8.53 Å². The van der Waals surface area contributed by atoms with Crippen molar-refractivity contribution in [2.24, 2.45) is 0 Å². The van der Waals surface area contributed by atoms with Crippen LogP contribution in [0.25, 0.3) is 0 Å². The summed E-state index contributed by atoms with van der Waals surface area (Å²) in [7, 11) is 1.33. The van der Waals surface area contributed by atoms with Crippen molar-refractivity contribution in [2.75, 3.05) is 40.8 Å². The zero-order valence-corrected chi connectivity index (χ0v) is 35.1. The van der Waals surface area contributed by atoms with Crippen LogP contribution in [0.1, 0.15) is 63.5 Å². The van der Waals surface area contributed by atoms with E-state index in [1.807, 2.05) is 113 Å². The summed E-state index contributed by atoms with van der Waals surface area (Å²) in [4.78, 5) is 27.9. The molecular weight excluding hydrogens is 777 g/mol. The lowest BCUT2D eigenvalue weighted by Crippen LogP contribution is -2.43. The van der Waals surface area contributed by atoms with Crippen molar-refractivity contribution in [2.45, 2.75) is 82.8 Å². The Labute approximate surface area is 345 Å². The molecule has 1 aromatic heterocycles. The lowest BCUT2D eigenvalue weighted by Gasteiger charge is -2.39. The fourth-order valence-corrected chi connectivity index (χ4v) is 8.75. The third-order valence-electron chi connectivity index (χ3n) is 9.62. The minimum absolute atomic E-state index is 0.0395. The highest BCUT2D eigenvalue weighted by atomic mass is 31.2. The van der Waals surface area contributed by atoms with Gasteiger partial charge in [0.15, 0.2) is 6.23 Å². The summed E-state index contributed by atoms with van der Waals surface area (Å²) in [6.45, 7) is 7.91. The third kappa shape index (κ3) is 11.0. The maximum Gasteiger partial charge on any atom is 0.330 e. The zero-order valence-electron chi connectivity index (χ0n) is 34.2. The number of aromatic nitrogens is 2. The fraction of sp³-hybridized carbons (Fsp3) is 0.442. The second-order valence-electron chi connectivity index (χ2n) is 14.1. The molecule has 0 aliphatic carbocycles. The number of nitriles is 2. The predicted molar refractivity (Wildman–Crippen MR) is 220 cm³/mol. The molecule has 1 saturated heterocycles. The van der Waals surface area contributed by atoms with Gasteiger partial charge in [-0.15, -0.1) is 0 Å². The van der Waals surface area contributed by atoms with Crippen molar-refractivity contribution in [3.8, 4) is 23.6 Å². The van der Waals surface area contributed by atoms with Crippen molar-refractivity contribution >= 4 is 8.53 Å². The van der Waals surface area contributed by atoms with Gasteiger partial charge in [0.2, 0.25) is 0 Å². The van der Waals surface area contributed by atoms with Crippen LogP contribution in [0.5, 0.6) is 11.5 Å². The molecular formula is C43H52N5O10P. The van der Waals surface area contributed by atoms with Crippen molar-refractivity contribution in [3.05, 3.63) is 129 Å². The van der Waals surface area contributed by atoms with Gasteiger partial charge in [-0.05, 0) is 68.7 Å². The van der Waals surface area contributed by atoms with Crippen molar-refractivity contribution < 1.29 is 37.5 Å². The van der Waals surface area contributed by atoms with Gasteiger partial charge in [0.1, 0.15) is 42.2 Å². The van der Waals surface area contributed by atoms with Gasteiger partial charge in [-0.3, -0.25) is 14.3 Å². The molecule has 0 saturated carbocycles. The second kappa shape index (κ2) is 21.9. The van der Waals surface area contributed by atoms with E-state index >= 15 is 0 Å². The lowest BCUT2D eigenvalue weighted by molar-refractivity contribution is -0.138. The van der Waals surface area contributed by atoms with Crippen LogP contribution in [0.15, 0.2) is 101 Å². The molecule has 1 N–H and O–H groups in total. The minimum atomic E-state index is -1.88. The molecule has 5 atom stereocenters. The Morgan fingerprint density at radius 3 is 1.93 bits per heavy atom. The monoisotopic (exact) mass is 829 g/mol. The van der Waals surface area contributed by atoms with Crippen LogP contribution < -0.4 is 20.7 Å². The van der Waals surface area contributed by atoms with E-state index in [2.05, 4.69) is 15.7 Å². The topological polar surface area (TPSA) is 180 Å². The van der Waals surface area contributed by atoms with Gasteiger partial charge in [-0.25, -0.2) is 9.46 Å². The molecule has 1 fully saturated rings. The van der Waals surface area contributed by atoms with Crippen LogP contribution in [-0.4, -0.2) is 85.5 Å². The highest BCUT2D eigenvalue weighted by Crippen LogP contribution is 2.51. The van der Waals surface area contributed by atoms with Crippen molar-refractivity contribution in [3.63, 3.8) is 0 Å². The Balaban J connectivity index is 1.67. The highest BCUT2D eigenvalue weighted by molar-refractivity contribution is 7.44. The van der Waals surface area contributed by atoms with Crippen LogP contribution in [0.4, 0.5) is 0 Å². The standard InChI is InChI=1S/C43H52N5O10P/c1-30(2)48(31(3)4)59(56-27-11-24-45)58-39-37(57-41(40(39)54-29-53-26-10-23-44)47-25-22-38(49)46-42(47)50)28-55-43(32-12-8-7-9-13-32,33-14-18-35(51-5)19-15-33)34-16-20-36(52-6)21-17-34/h7-9,12-22,25,30-31,37,39-41H,10-11,26-29H2,1-6H3,(H,46,49,50)/t37-,39-,40-,41-,59?/m1/s1. The van der Waals surface area contributed by atoms with E-state index in [1.54, 1.807) is 14.2 Å². The summed E-state index contributed by atoms with van der Waals surface area (Å²) in [5, 5.41) is 18.5. The SMILES string of the molecule is COc1ccc(C(OC[C@H]2O[C@@H](n3ccc(=O)[nH]c3=O)[C@H](OCOCCC#N)[C@@H]2OP(OCCC#N)N(C(C)C)C(C)C)(c2ccccc2)c2ccc(OC)cc2)cc1. The quantitative estimate of drug-likeness (QED) is 0.0399. The molecule has 16 heteroatoms. The Hall–Kier alpha value is -4.93. The normalized spacial score (nSPS) is 18.5. The first-order valence-corrected chi connectivity index (χ1v) is 20.5. The van der Waals surface area contributed by atoms with Crippen LogP contribution in [0.2, 0.25) is 0 Å². The summed E-state index contributed by atoms with van der Waals surface area (Å²) < 4.78 is 53.8. The van der Waals surface area contributed by atoms with Gasteiger partial charge in [0, 0.05) is 24.3 Å². The smallest absolute Gasteiger partial charge is 0.330 e. The second-order valence-corrected chi connectivity index (χ2v) is 15.5. The lowest BCUT2D eigenvalue weighted by atomic mass is 9.80. The molecule has 59 heavy (non-hydrogen) atoms. The van der Waals surface area contributed by atoms with Crippen LogP contribution in [0, 0.1) is 22.7 Å². The summed E-state index contributed by atoms with van der Waals surface area (Å²) in [5.41, 5.74) is -0.177. The number of nitrogens with zero attached hydrogens (tertiary/aromatic N) is 4. The van der Waals surface area contributed by atoms with Gasteiger partial charge in [0.05, 0.1) is 59.0 Å². The largest absolute Gasteiger partial charge is 0.497 e. The number of methoxy groups -OCH3 is 2. The number of rotatable bonds is 22. The van der Waals surface area contributed by atoms with E-state index in [-0.39, 0.29) is 51.5 Å². The molecule has 0 spiro atoms. The fourth-order valence-electron chi connectivity index (χ4n) is 6.98. The number of nitrogens with one attached hydrogen (secondary N) is 1. The first kappa shape index (κ1) is 45.2. The first-order chi connectivity index (χ1) is 28.6. The van der Waals surface area contributed by atoms with Gasteiger partial charge >= 0.3 is 5.69 Å². The Morgan fingerprint density at radius 1 is 0.814 bits per heavy atom. The molecule has 0 amide bonds. The van der Waals surface area contributed by atoms with Gasteiger partial charge in [-0.2, -0.15) is 10.5 Å². The van der Waals surface area contributed by atoms with Gasteiger partial charge < -0.3 is 37.5 Å². The molecule has 4 aromatic rings. The predicted octanol–water partition coefficient (Wildman–Crippen LogP) is 6.39. The van der Waals surface area contributed by atoms with E-state index in [4.69, 9.17) is 42.7 Å². The number of H-pyrrole nitrogens is 1. The average Bonchev–Trinajstić information content (AvgIpc) is 3.57. The van der Waals surface area contributed by atoms with Crippen LogP contribution in [0.3, 0.4) is 0 Å². The minimum Gasteiger partial charge on any atom is -0.497 e. The van der Waals surface area contributed by atoms with E-state index in [1.165, 1.54) is 16.8 Å². The van der Waals surface area contributed by atoms with E-state index in [0.29, 0.717) is 11.5 Å². The zero-order chi connectivity index (χ0) is 42.4. The molecule has 1 aliphatic rings. The van der Waals surface area contributed by atoms with E-state index < -0.39 is 49.9 Å². The Kier molecular flexibility index (Phi) is 16.8. The molecule has 5 rings (SSSR count). The van der Waals surface area contributed by atoms with Crippen molar-refractivity contribution in [1.82, 2.24) is 14.2 Å². The summed E-state index contributed by atoms with van der Waals surface area (Å²) >= 11 is 0. The molecule has 1 unspecified atom stereocenters. The average molecular weight is 830 g/mol. The van der Waals surface area contributed by atoms with Gasteiger partial charge in [0.25, 0.3) is 14.1 Å². The molecule has 314 valence electrons. The maximum atomic E-state index is 13.4. The van der Waals surface area contributed by atoms with Gasteiger partial charge in [-0.1, -0.05) is 54.6 Å². The molecule has 15 nitrogen and oxygen atoms in total. The Morgan fingerprint density at radius 2 is 1.39 bits per heavy atom. The molecule has 0 bridgehead atoms. The highest BCUT2D eigenvalue weighted by Gasteiger charge is 2.51. The molecule has 2 heterocycles. The molecule has 3 aromatic carbocycles.